The molecule has 1 rings (SSSR count). The van der Waals surface area contributed by atoms with E-state index in [4.69, 9.17) is 17.3 Å². The Morgan fingerprint density at radius 3 is 2.86 bits per heavy atom. The number of amides is 1. The second-order valence-corrected chi connectivity index (χ2v) is 3.43. The number of aryl methyl sites for hydroxylation is 1. The lowest BCUT2D eigenvalue weighted by atomic mass is 10.2. The van der Waals surface area contributed by atoms with E-state index in [1.807, 2.05) is 6.92 Å². The highest BCUT2D eigenvalue weighted by Gasteiger charge is 2.11. The van der Waals surface area contributed by atoms with Crippen molar-refractivity contribution in [1.82, 2.24) is 4.98 Å². The SMILES string of the molecule is Cc1ccnc(Cl)c1NC(=O)[C@@H](C)N. The topological polar surface area (TPSA) is 68.0 Å². The first kappa shape index (κ1) is 10.9. The number of hydrogen-bond acceptors (Lipinski definition) is 3. The molecule has 1 amide bonds. The van der Waals surface area contributed by atoms with Crippen LogP contribution in [-0.4, -0.2) is 16.9 Å². The molecule has 0 aliphatic rings. The number of hydrogen-bond donors (Lipinski definition) is 2. The summed E-state index contributed by atoms with van der Waals surface area (Å²) in [6.45, 7) is 3.44. The number of halogens is 1. The number of anilines is 1. The number of pyridine rings is 1. The molecule has 0 unspecified atom stereocenters. The number of carbonyl (C=O) groups is 1. The van der Waals surface area contributed by atoms with Crippen molar-refractivity contribution < 1.29 is 4.79 Å². The van der Waals surface area contributed by atoms with E-state index in [0.717, 1.165) is 5.56 Å². The molecule has 3 N–H and O–H groups in total. The molecule has 1 atom stereocenters. The second kappa shape index (κ2) is 4.39. The average Bonchev–Trinajstić information content (AvgIpc) is 2.11. The number of nitrogens with one attached hydrogen (secondary N) is 1. The molecular weight excluding hydrogens is 202 g/mol. The van der Waals surface area contributed by atoms with Gasteiger partial charge in [-0.3, -0.25) is 4.79 Å². The molecule has 0 saturated carbocycles. The summed E-state index contributed by atoms with van der Waals surface area (Å²) in [6.07, 6.45) is 1.58. The lowest BCUT2D eigenvalue weighted by Gasteiger charge is -2.10. The summed E-state index contributed by atoms with van der Waals surface area (Å²) >= 11 is 5.81. The number of nitrogens with zero attached hydrogens (tertiary/aromatic N) is 1. The molecule has 0 radical (unpaired) electrons. The summed E-state index contributed by atoms with van der Waals surface area (Å²) < 4.78 is 0. The first-order valence-corrected chi connectivity index (χ1v) is 4.57. The van der Waals surface area contributed by atoms with Crippen LogP contribution >= 0.6 is 11.6 Å². The van der Waals surface area contributed by atoms with Crippen molar-refractivity contribution in [1.29, 1.82) is 0 Å². The summed E-state index contributed by atoms with van der Waals surface area (Å²) in [4.78, 5) is 15.2. The van der Waals surface area contributed by atoms with Crippen molar-refractivity contribution in [2.75, 3.05) is 5.32 Å². The minimum atomic E-state index is -0.564. The Morgan fingerprint density at radius 2 is 2.36 bits per heavy atom. The maximum Gasteiger partial charge on any atom is 0.241 e. The number of rotatable bonds is 2. The van der Waals surface area contributed by atoms with Crippen molar-refractivity contribution in [2.24, 2.45) is 5.73 Å². The zero-order chi connectivity index (χ0) is 10.7. The van der Waals surface area contributed by atoms with Crippen molar-refractivity contribution in [3.05, 3.63) is 23.0 Å². The maximum atomic E-state index is 11.3. The van der Waals surface area contributed by atoms with Crippen LogP contribution in [0.15, 0.2) is 12.3 Å². The van der Waals surface area contributed by atoms with Crippen LogP contribution in [-0.2, 0) is 4.79 Å². The smallest absolute Gasteiger partial charge is 0.241 e. The summed E-state index contributed by atoms with van der Waals surface area (Å²) in [5.41, 5.74) is 6.79. The highest BCUT2D eigenvalue weighted by atomic mass is 35.5. The summed E-state index contributed by atoms with van der Waals surface area (Å²) in [6, 6.07) is 1.20. The lowest BCUT2D eigenvalue weighted by Crippen LogP contribution is -2.32. The number of aromatic nitrogens is 1. The molecule has 5 heteroatoms. The van der Waals surface area contributed by atoms with Crippen LogP contribution in [0.3, 0.4) is 0 Å². The molecule has 1 heterocycles. The predicted octanol–water partition coefficient (Wildman–Crippen LogP) is 1.33. The Hall–Kier alpha value is -1.13. The van der Waals surface area contributed by atoms with Crippen LogP contribution in [0.25, 0.3) is 0 Å². The zero-order valence-electron chi connectivity index (χ0n) is 8.04. The van der Waals surface area contributed by atoms with Crippen molar-refractivity contribution >= 4 is 23.2 Å². The van der Waals surface area contributed by atoms with E-state index in [1.165, 1.54) is 0 Å². The molecule has 0 saturated heterocycles. The minimum absolute atomic E-state index is 0.275. The highest BCUT2D eigenvalue weighted by Crippen LogP contribution is 2.22. The van der Waals surface area contributed by atoms with Gasteiger partial charge < -0.3 is 11.1 Å². The highest BCUT2D eigenvalue weighted by molar-refractivity contribution is 6.32. The standard InChI is InChI=1S/C9H12ClN3O/c1-5-3-4-12-8(10)7(5)13-9(14)6(2)11/h3-4,6H,11H2,1-2H3,(H,13,14)/t6-/m1/s1. The van der Waals surface area contributed by atoms with Gasteiger partial charge in [-0.05, 0) is 25.5 Å². The second-order valence-electron chi connectivity index (χ2n) is 3.07. The molecule has 0 aliphatic carbocycles. The van der Waals surface area contributed by atoms with Gasteiger partial charge in [-0.2, -0.15) is 0 Å². The van der Waals surface area contributed by atoms with Gasteiger partial charge >= 0.3 is 0 Å². The monoisotopic (exact) mass is 213 g/mol. The summed E-state index contributed by atoms with van der Waals surface area (Å²) in [5.74, 6) is -0.275. The Labute approximate surface area is 87.5 Å². The van der Waals surface area contributed by atoms with E-state index in [1.54, 1.807) is 19.2 Å². The van der Waals surface area contributed by atoms with Gasteiger partial charge in [0.1, 0.15) is 0 Å². The van der Waals surface area contributed by atoms with E-state index >= 15 is 0 Å². The third-order valence-corrected chi connectivity index (χ3v) is 2.06. The lowest BCUT2D eigenvalue weighted by molar-refractivity contribution is -0.117. The van der Waals surface area contributed by atoms with Crippen LogP contribution in [0.1, 0.15) is 12.5 Å². The zero-order valence-corrected chi connectivity index (χ0v) is 8.80. The Morgan fingerprint density at radius 1 is 1.71 bits per heavy atom. The fourth-order valence-electron chi connectivity index (χ4n) is 0.912. The molecular formula is C9H12ClN3O. The predicted molar refractivity (Wildman–Crippen MR) is 56.3 cm³/mol. The van der Waals surface area contributed by atoms with Crippen LogP contribution in [0.5, 0.6) is 0 Å². The molecule has 0 aromatic carbocycles. The van der Waals surface area contributed by atoms with Gasteiger partial charge in [0.25, 0.3) is 0 Å². The molecule has 0 bridgehead atoms. The first-order chi connectivity index (χ1) is 6.52. The van der Waals surface area contributed by atoms with Crippen LogP contribution < -0.4 is 11.1 Å². The Kier molecular flexibility index (Phi) is 3.43. The van der Waals surface area contributed by atoms with Gasteiger partial charge in [-0.25, -0.2) is 4.98 Å². The Balaban J connectivity index is 2.91. The van der Waals surface area contributed by atoms with Gasteiger partial charge in [0.2, 0.25) is 5.91 Å². The molecule has 1 aromatic heterocycles. The van der Waals surface area contributed by atoms with Gasteiger partial charge in [0.05, 0.1) is 11.7 Å². The molecule has 76 valence electrons. The number of nitrogens with two attached hydrogens (primary N) is 1. The Bertz CT molecular complexity index is 332. The third-order valence-electron chi connectivity index (χ3n) is 1.77. The molecule has 0 spiro atoms. The fourth-order valence-corrected chi connectivity index (χ4v) is 1.16. The van der Waals surface area contributed by atoms with E-state index in [2.05, 4.69) is 10.3 Å². The van der Waals surface area contributed by atoms with Crippen molar-refractivity contribution in [2.45, 2.75) is 19.9 Å². The first-order valence-electron chi connectivity index (χ1n) is 4.20. The third kappa shape index (κ3) is 2.43. The quantitative estimate of drug-likeness (QED) is 0.729. The number of carbonyl (C=O) groups excluding carboxylic acids is 1. The van der Waals surface area contributed by atoms with Crippen LogP contribution in [0.2, 0.25) is 5.15 Å². The average molecular weight is 214 g/mol. The summed E-state index contributed by atoms with van der Waals surface area (Å²) in [5, 5.41) is 2.90. The van der Waals surface area contributed by atoms with Gasteiger partial charge in [-0.1, -0.05) is 11.6 Å². The summed E-state index contributed by atoms with van der Waals surface area (Å²) in [7, 11) is 0. The largest absolute Gasteiger partial charge is 0.322 e. The van der Waals surface area contributed by atoms with Crippen molar-refractivity contribution in [3.8, 4) is 0 Å². The van der Waals surface area contributed by atoms with Gasteiger partial charge in [0, 0.05) is 6.20 Å². The van der Waals surface area contributed by atoms with E-state index in [9.17, 15) is 4.79 Å². The fraction of sp³-hybridized carbons (Fsp3) is 0.333. The minimum Gasteiger partial charge on any atom is -0.322 e. The van der Waals surface area contributed by atoms with Gasteiger partial charge in [-0.15, -0.1) is 0 Å². The molecule has 0 fully saturated rings. The van der Waals surface area contributed by atoms with Crippen molar-refractivity contribution in [3.63, 3.8) is 0 Å². The molecule has 14 heavy (non-hydrogen) atoms. The molecule has 1 aromatic rings. The van der Waals surface area contributed by atoms with E-state index < -0.39 is 6.04 Å². The van der Waals surface area contributed by atoms with E-state index in [-0.39, 0.29) is 11.1 Å². The van der Waals surface area contributed by atoms with Crippen LogP contribution in [0, 0.1) is 6.92 Å². The van der Waals surface area contributed by atoms with Gasteiger partial charge in [0.15, 0.2) is 5.15 Å². The van der Waals surface area contributed by atoms with E-state index in [0.29, 0.717) is 5.69 Å². The molecule has 4 nitrogen and oxygen atoms in total. The normalized spacial score (nSPS) is 12.3. The van der Waals surface area contributed by atoms with Crippen LogP contribution in [0.4, 0.5) is 5.69 Å². The molecule has 0 aliphatic heterocycles. The maximum absolute atomic E-state index is 11.3.